The van der Waals surface area contributed by atoms with Crippen molar-refractivity contribution >= 4 is 6.29 Å². The van der Waals surface area contributed by atoms with Gasteiger partial charge in [-0.3, -0.25) is 4.79 Å². The van der Waals surface area contributed by atoms with Crippen molar-refractivity contribution in [1.82, 2.24) is 0 Å². The van der Waals surface area contributed by atoms with Crippen molar-refractivity contribution in [3.05, 3.63) is 23.8 Å². The molecule has 0 saturated heterocycles. The predicted molar refractivity (Wildman–Crippen MR) is 72.4 cm³/mol. The van der Waals surface area contributed by atoms with Crippen LogP contribution >= 0.6 is 0 Å². The second-order valence-electron chi connectivity index (χ2n) is 4.45. The highest BCUT2D eigenvalue weighted by Crippen LogP contribution is 2.22. The van der Waals surface area contributed by atoms with Crippen LogP contribution in [0.15, 0.2) is 18.2 Å². The summed E-state index contributed by atoms with van der Waals surface area (Å²) < 4.78 is 5.52. The van der Waals surface area contributed by atoms with Gasteiger partial charge < -0.3 is 9.84 Å². The maximum atomic E-state index is 10.5. The van der Waals surface area contributed by atoms with Crippen LogP contribution in [0.4, 0.5) is 0 Å². The van der Waals surface area contributed by atoms with Gasteiger partial charge in [-0.05, 0) is 18.6 Å². The van der Waals surface area contributed by atoms with Crippen LogP contribution in [0.25, 0.3) is 0 Å². The summed E-state index contributed by atoms with van der Waals surface area (Å²) in [6.07, 6.45) is 7.96. The molecule has 0 fully saturated rings. The third kappa shape index (κ3) is 5.21. The van der Waals surface area contributed by atoms with E-state index < -0.39 is 0 Å². The number of carbonyl (C=O) groups is 1. The fraction of sp³-hybridized carbons (Fsp3) is 0.533. The average Bonchev–Trinajstić information content (AvgIpc) is 2.38. The van der Waals surface area contributed by atoms with Crippen molar-refractivity contribution in [2.24, 2.45) is 0 Å². The van der Waals surface area contributed by atoms with Gasteiger partial charge in [0.25, 0.3) is 0 Å². The van der Waals surface area contributed by atoms with Crippen LogP contribution in [-0.4, -0.2) is 18.0 Å². The molecule has 0 saturated carbocycles. The maximum Gasteiger partial charge on any atom is 0.153 e. The van der Waals surface area contributed by atoms with E-state index in [4.69, 9.17) is 4.74 Å². The second-order valence-corrected chi connectivity index (χ2v) is 4.45. The molecule has 1 rings (SSSR count). The van der Waals surface area contributed by atoms with Crippen LogP contribution in [-0.2, 0) is 0 Å². The normalized spacial score (nSPS) is 10.3. The van der Waals surface area contributed by atoms with Gasteiger partial charge in [-0.1, -0.05) is 39.0 Å². The molecule has 0 aromatic heterocycles. The van der Waals surface area contributed by atoms with Crippen molar-refractivity contribution in [2.75, 3.05) is 6.61 Å². The van der Waals surface area contributed by atoms with Crippen molar-refractivity contribution in [1.29, 1.82) is 0 Å². The molecule has 1 aromatic carbocycles. The number of phenols is 1. The average molecular weight is 250 g/mol. The van der Waals surface area contributed by atoms with Gasteiger partial charge in [0, 0.05) is 6.07 Å². The first kappa shape index (κ1) is 14.6. The highest BCUT2D eigenvalue weighted by atomic mass is 16.5. The Morgan fingerprint density at radius 2 is 1.89 bits per heavy atom. The Labute approximate surface area is 109 Å². The zero-order valence-corrected chi connectivity index (χ0v) is 11.0. The Kier molecular flexibility index (Phi) is 6.92. The number of hydrogen-bond donors (Lipinski definition) is 1. The lowest BCUT2D eigenvalue weighted by molar-refractivity contribution is 0.112. The molecule has 1 N–H and O–H groups in total. The topological polar surface area (TPSA) is 46.5 Å². The quantitative estimate of drug-likeness (QED) is 0.533. The molecule has 0 atom stereocenters. The summed E-state index contributed by atoms with van der Waals surface area (Å²) in [6.45, 7) is 2.87. The molecule has 3 heteroatoms. The Morgan fingerprint density at radius 1 is 1.17 bits per heavy atom. The van der Waals surface area contributed by atoms with Gasteiger partial charge >= 0.3 is 0 Å². The standard InChI is InChI=1S/C15H22O3/c1-2-3-4-5-6-7-10-18-14-9-8-13(12-16)15(17)11-14/h8-9,11-12,17H,2-7,10H2,1H3. The molecule has 0 amide bonds. The lowest BCUT2D eigenvalue weighted by Crippen LogP contribution is -1.97. The SMILES string of the molecule is CCCCCCCCOc1ccc(C=O)c(O)c1. The molecule has 3 nitrogen and oxygen atoms in total. The first-order valence-electron chi connectivity index (χ1n) is 6.69. The van der Waals surface area contributed by atoms with E-state index in [2.05, 4.69) is 6.92 Å². The van der Waals surface area contributed by atoms with E-state index in [1.807, 2.05) is 0 Å². The van der Waals surface area contributed by atoms with Crippen molar-refractivity contribution < 1.29 is 14.6 Å². The predicted octanol–water partition coefficient (Wildman–Crippen LogP) is 3.94. The lowest BCUT2D eigenvalue weighted by Gasteiger charge is -2.07. The number of hydrogen-bond acceptors (Lipinski definition) is 3. The first-order chi connectivity index (χ1) is 8.77. The maximum absolute atomic E-state index is 10.5. The zero-order valence-electron chi connectivity index (χ0n) is 11.0. The fourth-order valence-electron chi connectivity index (χ4n) is 1.79. The van der Waals surface area contributed by atoms with Gasteiger partial charge in [-0.2, -0.15) is 0 Å². The minimum atomic E-state index is -0.0227. The molecular formula is C15H22O3. The second kappa shape index (κ2) is 8.56. The van der Waals surface area contributed by atoms with Gasteiger partial charge in [-0.25, -0.2) is 0 Å². The molecule has 0 spiro atoms. The summed E-state index contributed by atoms with van der Waals surface area (Å²) in [5, 5.41) is 9.48. The minimum Gasteiger partial charge on any atom is -0.507 e. The number of ether oxygens (including phenoxy) is 1. The van der Waals surface area contributed by atoms with E-state index >= 15 is 0 Å². The minimum absolute atomic E-state index is 0.0227. The number of rotatable bonds is 9. The smallest absolute Gasteiger partial charge is 0.153 e. The number of benzene rings is 1. The van der Waals surface area contributed by atoms with Crippen LogP contribution in [0.3, 0.4) is 0 Å². The third-order valence-corrected chi connectivity index (χ3v) is 2.90. The Bertz CT molecular complexity index is 361. The van der Waals surface area contributed by atoms with Crippen LogP contribution in [0.1, 0.15) is 55.8 Å². The number of phenolic OH excluding ortho intramolecular Hbond substituents is 1. The lowest BCUT2D eigenvalue weighted by atomic mass is 10.1. The molecule has 0 unspecified atom stereocenters. The van der Waals surface area contributed by atoms with Crippen LogP contribution in [0.5, 0.6) is 11.5 Å². The van der Waals surface area contributed by atoms with Crippen molar-refractivity contribution in [2.45, 2.75) is 45.4 Å². The molecule has 0 radical (unpaired) electrons. The Morgan fingerprint density at radius 3 is 2.56 bits per heavy atom. The van der Waals surface area contributed by atoms with E-state index in [0.29, 0.717) is 24.2 Å². The third-order valence-electron chi connectivity index (χ3n) is 2.90. The fourth-order valence-corrected chi connectivity index (χ4v) is 1.79. The number of carbonyl (C=O) groups excluding carboxylic acids is 1. The first-order valence-corrected chi connectivity index (χ1v) is 6.69. The van der Waals surface area contributed by atoms with E-state index in [1.54, 1.807) is 12.1 Å². The molecule has 0 bridgehead atoms. The summed E-state index contributed by atoms with van der Waals surface area (Å²) in [6, 6.07) is 4.76. The number of aldehydes is 1. The van der Waals surface area contributed by atoms with E-state index in [0.717, 1.165) is 6.42 Å². The molecule has 18 heavy (non-hydrogen) atoms. The van der Waals surface area contributed by atoms with Crippen LogP contribution in [0, 0.1) is 0 Å². The Balaban J connectivity index is 2.19. The van der Waals surface area contributed by atoms with Crippen LogP contribution < -0.4 is 4.74 Å². The number of aromatic hydroxyl groups is 1. The van der Waals surface area contributed by atoms with Gasteiger partial charge in [-0.15, -0.1) is 0 Å². The van der Waals surface area contributed by atoms with Gasteiger partial charge in [0.05, 0.1) is 12.2 Å². The van der Waals surface area contributed by atoms with Crippen molar-refractivity contribution in [3.63, 3.8) is 0 Å². The molecular weight excluding hydrogens is 228 g/mol. The van der Waals surface area contributed by atoms with Gasteiger partial charge in [0.1, 0.15) is 11.5 Å². The van der Waals surface area contributed by atoms with E-state index in [1.165, 1.54) is 38.2 Å². The van der Waals surface area contributed by atoms with E-state index in [9.17, 15) is 9.90 Å². The van der Waals surface area contributed by atoms with Crippen molar-refractivity contribution in [3.8, 4) is 11.5 Å². The molecule has 1 aromatic rings. The number of unbranched alkanes of at least 4 members (excludes halogenated alkanes) is 5. The molecule has 0 aliphatic carbocycles. The molecule has 0 aliphatic heterocycles. The molecule has 0 heterocycles. The highest BCUT2D eigenvalue weighted by Gasteiger charge is 2.01. The highest BCUT2D eigenvalue weighted by molar-refractivity contribution is 5.79. The molecule has 0 aliphatic rings. The van der Waals surface area contributed by atoms with Gasteiger partial charge in [0.15, 0.2) is 6.29 Å². The molecule has 100 valence electrons. The monoisotopic (exact) mass is 250 g/mol. The Hall–Kier alpha value is -1.51. The summed E-state index contributed by atoms with van der Waals surface area (Å²) in [5.41, 5.74) is 0.293. The zero-order chi connectivity index (χ0) is 13.2. The summed E-state index contributed by atoms with van der Waals surface area (Å²) >= 11 is 0. The summed E-state index contributed by atoms with van der Waals surface area (Å²) in [4.78, 5) is 10.5. The van der Waals surface area contributed by atoms with Gasteiger partial charge in [0.2, 0.25) is 0 Å². The van der Waals surface area contributed by atoms with E-state index in [-0.39, 0.29) is 5.75 Å². The largest absolute Gasteiger partial charge is 0.507 e. The summed E-state index contributed by atoms with van der Waals surface area (Å²) in [5.74, 6) is 0.595. The van der Waals surface area contributed by atoms with Crippen LogP contribution in [0.2, 0.25) is 0 Å². The summed E-state index contributed by atoms with van der Waals surface area (Å²) in [7, 11) is 0.